The Labute approximate surface area is 175 Å². The zero-order valence-electron chi connectivity index (χ0n) is 16.6. The van der Waals surface area contributed by atoms with Crippen LogP contribution in [0.5, 0.6) is 0 Å². The molecule has 0 bridgehead atoms. The van der Waals surface area contributed by atoms with Gasteiger partial charge in [-0.2, -0.15) is 13.2 Å². The minimum absolute atomic E-state index is 0.297. The minimum Gasteiger partial charge on any atom is -0.312 e. The molecule has 2 aromatic carbocycles. The quantitative estimate of drug-likeness (QED) is 0.562. The molecule has 0 aliphatic rings. The topological polar surface area (TPSA) is 46.2 Å². The molecule has 0 radical (unpaired) electrons. The molecule has 0 saturated heterocycles. The Morgan fingerprint density at radius 1 is 1.07 bits per heavy atom. The third-order valence-corrected chi connectivity index (χ3v) is 8.12. The standard InChI is InChI=1S/C21H25ClF3NO2S/c1-4-16(14-26-13-15-8-10-18(22)11-9-15)20(2,3)29(27,28)19-7-5-6-17(12-19)21(23,24)25/h5-12,16,26H,4,13-14H2,1-3H3. The maximum absolute atomic E-state index is 13.2. The van der Waals surface area contributed by atoms with Crippen molar-refractivity contribution in [2.75, 3.05) is 6.54 Å². The van der Waals surface area contributed by atoms with E-state index < -0.39 is 26.3 Å². The van der Waals surface area contributed by atoms with Crippen LogP contribution in [0.2, 0.25) is 5.02 Å². The lowest BCUT2D eigenvalue weighted by atomic mass is 9.92. The van der Waals surface area contributed by atoms with Crippen LogP contribution < -0.4 is 5.32 Å². The first kappa shape index (κ1) is 23.7. The molecule has 0 saturated carbocycles. The molecule has 0 aromatic heterocycles. The van der Waals surface area contributed by atoms with E-state index >= 15 is 0 Å². The summed E-state index contributed by atoms with van der Waals surface area (Å²) in [5, 5.41) is 3.88. The zero-order chi connectivity index (χ0) is 21.9. The van der Waals surface area contributed by atoms with Crippen molar-refractivity contribution in [3.8, 4) is 0 Å². The summed E-state index contributed by atoms with van der Waals surface area (Å²) < 4.78 is 64.2. The minimum atomic E-state index is -4.60. The maximum atomic E-state index is 13.2. The summed E-state index contributed by atoms with van der Waals surface area (Å²) in [6.07, 6.45) is -4.04. The normalized spacial score (nSPS) is 14.0. The zero-order valence-corrected chi connectivity index (χ0v) is 18.1. The number of benzene rings is 2. The van der Waals surface area contributed by atoms with Gasteiger partial charge in [0.2, 0.25) is 0 Å². The van der Waals surface area contributed by atoms with Gasteiger partial charge in [-0.25, -0.2) is 8.42 Å². The average Bonchev–Trinajstić information content (AvgIpc) is 2.65. The van der Waals surface area contributed by atoms with Crippen LogP contribution >= 0.6 is 11.6 Å². The van der Waals surface area contributed by atoms with Crippen LogP contribution in [0.15, 0.2) is 53.4 Å². The van der Waals surface area contributed by atoms with E-state index in [1.807, 2.05) is 19.1 Å². The molecule has 1 N–H and O–H groups in total. The van der Waals surface area contributed by atoms with Crippen molar-refractivity contribution in [3.05, 3.63) is 64.7 Å². The molecule has 2 aromatic rings. The van der Waals surface area contributed by atoms with Gasteiger partial charge >= 0.3 is 6.18 Å². The lowest BCUT2D eigenvalue weighted by Crippen LogP contribution is -2.44. The van der Waals surface area contributed by atoms with Gasteiger partial charge in [-0.1, -0.05) is 43.1 Å². The fourth-order valence-corrected chi connectivity index (χ4v) is 5.20. The summed E-state index contributed by atoms with van der Waals surface area (Å²) in [7, 11) is -3.99. The molecule has 160 valence electrons. The van der Waals surface area contributed by atoms with E-state index in [1.165, 1.54) is 6.07 Å². The van der Waals surface area contributed by atoms with E-state index in [4.69, 9.17) is 11.6 Å². The number of nitrogens with one attached hydrogen (secondary N) is 1. The molecule has 0 spiro atoms. The van der Waals surface area contributed by atoms with Gasteiger partial charge in [0.05, 0.1) is 15.2 Å². The second-order valence-corrected chi connectivity index (χ2v) is 10.5. The van der Waals surface area contributed by atoms with Crippen molar-refractivity contribution in [1.29, 1.82) is 0 Å². The van der Waals surface area contributed by atoms with Gasteiger partial charge in [0.25, 0.3) is 0 Å². The van der Waals surface area contributed by atoms with Crippen LogP contribution in [0.1, 0.15) is 38.3 Å². The highest BCUT2D eigenvalue weighted by molar-refractivity contribution is 7.92. The monoisotopic (exact) mass is 447 g/mol. The summed E-state index contributed by atoms with van der Waals surface area (Å²) >= 11 is 5.87. The summed E-state index contributed by atoms with van der Waals surface area (Å²) in [5.74, 6) is -0.297. The molecule has 0 amide bonds. The Balaban J connectivity index is 2.19. The van der Waals surface area contributed by atoms with E-state index in [-0.39, 0.29) is 10.8 Å². The lowest BCUT2D eigenvalue weighted by molar-refractivity contribution is -0.137. The highest BCUT2D eigenvalue weighted by atomic mass is 35.5. The Bertz CT molecular complexity index is 926. The first-order chi connectivity index (χ1) is 13.4. The van der Waals surface area contributed by atoms with Crippen molar-refractivity contribution in [3.63, 3.8) is 0 Å². The molecule has 0 fully saturated rings. The second-order valence-electron chi connectivity index (χ2n) is 7.50. The molecule has 8 heteroatoms. The number of hydrogen-bond donors (Lipinski definition) is 1. The maximum Gasteiger partial charge on any atom is 0.416 e. The predicted molar refractivity (Wildman–Crippen MR) is 110 cm³/mol. The summed E-state index contributed by atoms with van der Waals surface area (Å²) in [6, 6.07) is 11.2. The van der Waals surface area contributed by atoms with Crippen molar-refractivity contribution in [1.82, 2.24) is 5.32 Å². The first-order valence-electron chi connectivity index (χ1n) is 9.26. The average molecular weight is 448 g/mol. The van der Waals surface area contributed by atoms with Crippen LogP contribution in [0.25, 0.3) is 0 Å². The molecule has 2 rings (SSSR count). The first-order valence-corrected chi connectivity index (χ1v) is 11.1. The van der Waals surface area contributed by atoms with Gasteiger partial charge in [-0.05, 0) is 62.2 Å². The Morgan fingerprint density at radius 2 is 1.69 bits per heavy atom. The number of sulfone groups is 1. The Morgan fingerprint density at radius 3 is 2.24 bits per heavy atom. The molecule has 1 atom stereocenters. The van der Waals surface area contributed by atoms with Crippen LogP contribution in [-0.4, -0.2) is 19.7 Å². The predicted octanol–water partition coefficient (Wildman–Crippen LogP) is 5.73. The van der Waals surface area contributed by atoms with E-state index in [1.54, 1.807) is 26.0 Å². The molecule has 3 nitrogen and oxygen atoms in total. The van der Waals surface area contributed by atoms with Crippen molar-refractivity contribution in [2.24, 2.45) is 5.92 Å². The molecule has 29 heavy (non-hydrogen) atoms. The molecule has 1 unspecified atom stereocenters. The smallest absolute Gasteiger partial charge is 0.312 e. The van der Waals surface area contributed by atoms with Gasteiger partial charge in [-0.3, -0.25) is 0 Å². The van der Waals surface area contributed by atoms with E-state index in [9.17, 15) is 21.6 Å². The van der Waals surface area contributed by atoms with Crippen LogP contribution in [-0.2, 0) is 22.6 Å². The van der Waals surface area contributed by atoms with Crippen molar-refractivity contribution in [2.45, 2.75) is 49.6 Å². The van der Waals surface area contributed by atoms with Gasteiger partial charge in [-0.15, -0.1) is 0 Å². The fraction of sp³-hybridized carbons (Fsp3) is 0.429. The third-order valence-electron chi connectivity index (χ3n) is 5.27. The lowest BCUT2D eigenvalue weighted by Gasteiger charge is -2.34. The molecular weight excluding hydrogens is 423 g/mol. The van der Waals surface area contributed by atoms with E-state index in [0.717, 1.165) is 17.7 Å². The Kier molecular flexibility index (Phi) is 7.41. The molecule has 0 aliphatic carbocycles. The highest BCUT2D eigenvalue weighted by Crippen LogP contribution is 2.36. The SMILES string of the molecule is CCC(CNCc1ccc(Cl)cc1)C(C)(C)S(=O)(=O)c1cccc(C(F)(F)F)c1. The summed E-state index contributed by atoms with van der Waals surface area (Å²) in [4.78, 5) is -0.312. The van der Waals surface area contributed by atoms with Crippen LogP contribution in [0.3, 0.4) is 0 Å². The number of rotatable bonds is 8. The molecule has 0 heterocycles. The summed E-state index contributed by atoms with van der Waals surface area (Å²) in [5.41, 5.74) is 0.0334. The third kappa shape index (κ3) is 5.53. The highest BCUT2D eigenvalue weighted by Gasteiger charge is 2.42. The van der Waals surface area contributed by atoms with Crippen LogP contribution in [0.4, 0.5) is 13.2 Å². The Hall–Kier alpha value is -1.57. The van der Waals surface area contributed by atoms with Gasteiger partial charge in [0, 0.05) is 11.6 Å². The van der Waals surface area contributed by atoms with Gasteiger partial charge in [0.1, 0.15) is 0 Å². The van der Waals surface area contributed by atoms with E-state index in [0.29, 0.717) is 30.6 Å². The second kappa shape index (κ2) is 9.06. The number of hydrogen-bond acceptors (Lipinski definition) is 3. The molecule has 0 aliphatic heterocycles. The van der Waals surface area contributed by atoms with Gasteiger partial charge < -0.3 is 5.32 Å². The summed E-state index contributed by atoms with van der Waals surface area (Å²) in [6.45, 7) is 5.96. The number of alkyl halides is 3. The number of halogens is 4. The van der Waals surface area contributed by atoms with Crippen LogP contribution in [0, 0.1) is 5.92 Å². The van der Waals surface area contributed by atoms with E-state index in [2.05, 4.69) is 5.32 Å². The molecular formula is C21H25ClF3NO2S. The fourth-order valence-electron chi connectivity index (χ4n) is 3.24. The van der Waals surface area contributed by atoms with Crippen molar-refractivity contribution < 1.29 is 21.6 Å². The van der Waals surface area contributed by atoms with Crippen molar-refractivity contribution >= 4 is 21.4 Å². The van der Waals surface area contributed by atoms with Gasteiger partial charge in [0.15, 0.2) is 9.84 Å². The largest absolute Gasteiger partial charge is 0.416 e.